The highest BCUT2D eigenvalue weighted by Crippen LogP contribution is 2.21. The van der Waals surface area contributed by atoms with Crippen molar-refractivity contribution in [2.24, 2.45) is 5.92 Å². The summed E-state index contributed by atoms with van der Waals surface area (Å²) in [5, 5.41) is 0. The van der Waals surface area contributed by atoms with Crippen LogP contribution in [0, 0.1) is 11.7 Å². The SMILES string of the molecule is C=CCOCC1CCN(C(=O)CCSc2ccc(F)cc2)CC1. The van der Waals surface area contributed by atoms with Crippen LogP contribution < -0.4 is 0 Å². The van der Waals surface area contributed by atoms with Gasteiger partial charge in [-0.3, -0.25) is 4.79 Å². The average Bonchev–Trinajstić information content (AvgIpc) is 2.57. The molecule has 1 saturated heterocycles. The molecule has 1 heterocycles. The van der Waals surface area contributed by atoms with Gasteiger partial charge in [-0.15, -0.1) is 18.3 Å². The summed E-state index contributed by atoms with van der Waals surface area (Å²) in [6, 6.07) is 6.39. The predicted octanol–water partition coefficient (Wildman–Crippen LogP) is 3.75. The third-order valence-corrected chi connectivity index (χ3v) is 4.97. The number of piperidine rings is 1. The molecule has 0 radical (unpaired) electrons. The van der Waals surface area contributed by atoms with Crippen LogP contribution in [-0.4, -0.2) is 42.9 Å². The minimum atomic E-state index is -0.231. The standard InChI is InChI=1S/C18H24FNO2S/c1-2-12-22-14-15-7-10-20(11-8-15)18(21)9-13-23-17-5-3-16(19)4-6-17/h2-6,15H,1,7-14H2. The number of ether oxygens (including phenoxy) is 1. The van der Waals surface area contributed by atoms with Crippen LogP contribution in [0.2, 0.25) is 0 Å². The smallest absolute Gasteiger partial charge is 0.223 e. The molecular formula is C18H24FNO2S. The summed E-state index contributed by atoms with van der Waals surface area (Å²) in [6.07, 6.45) is 4.30. The quantitative estimate of drug-likeness (QED) is 0.411. The molecule has 5 heteroatoms. The number of benzene rings is 1. The Morgan fingerprint density at radius 2 is 2.04 bits per heavy atom. The van der Waals surface area contributed by atoms with Gasteiger partial charge in [0.25, 0.3) is 0 Å². The van der Waals surface area contributed by atoms with Gasteiger partial charge in [0.15, 0.2) is 0 Å². The van der Waals surface area contributed by atoms with E-state index in [4.69, 9.17) is 4.74 Å². The number of halogens is 1. The van der Waals surface area contributed by atoms with E-state index in [2.05, 4.69) is 6.58 Å². The summed E-state index contributed by atoms with van der Waals surface area (Å²) in [4.78, 5) is 15.2. The van der Waals surface area contributed by atoms with Crippen LogP contribution in [0.4, 0.5) is 4.39 Å². The van der Waals surface area contributed by atoms with Crippen molar-refractivity contribution >= 4 is 17.7 Å². The summed E-state index contributed by atoms with van der Waals surface area (Å²) >= 11 is 1.59. The summed E-state index contributed by atoms with van der Waals surface area (Å²) < 4.78 is 18.3. The second kappa shape index (κ2) is 9.73. The van der Waals surface area contributed by atoms with Crippen molar-refractivity contribution in [2.75, 3.05) is 32.1 Å². The first-order valence-corrected chi connectivity index (χ1v) is 9.02. The fourth-order valence-corrected chi connectivity index (χ4v) is 3.45. The lowest BCUT2D eigenvalue weighted by Crippen LogP contribution is -2.39. The largest absolute Gasteiger partial charge is 0.377 e. The number of likely N-dealkylation sites (tertiary alicyclic amines) is 1. The van der Waals surface area contributed by atoms with E-state index in [0.29, 0.717) is 18.9 Å². The van der Waals surface area contributed by atoms with E-state index < -0.39 is 0 Å². The number of thioether (sulfide) groups is 1. The molecule has 3 nitrogen and oxygen atoms in total. The highest BCUT2D eigenvalue weighted by Gasteiger charge is 2.22. The van der Waals surface area contributed by atoms with Crippen molar-refractivity contribution in [3.05, 3.63) is 42.7 Å². The fraction of sp³-hybridized carbons (Fsp3) is 0.500. The third kappa shape index (κ3) is 6.36. The van der Waals surface area contributed by atoms with Crippen molar-refractivity contribution in [1.29, 1.82) is 0 Å². The molecule has 1 amide bonds. The van der Waals surface area contributed by atoms with Gasteiger partial charge >= 0.3 is 0 Å². The number of carbonyl (C=O) groups excluding carboxylic acids is 1. The van der Waals surface area contributed by atoms with Gasteiger partial charge in [0, 0.05) is 36.8 Å². The number of amides is 1. The van der Waals surface area contributed by atoms with Crippen LogP contribution in [-0.2, 0) is 9.53 Å². The zero-order valence-corrected chi connectivity index (χ0v) is 14.2. The van der Waals surface area contributed by atoms with Crippen LogP contribution in [0.25, 0.3) is 0 Å². The molecule has 1 aromatic rings. The summed E-state index contributed by atoms with van der Waals surface area (Å²) in [5.74, 6) is 1.26. The molecule has 0 aliphatic carbocycles. The molecule has 23 heavy (non-hydrogen) atoms. The molecule has 1 aromatic carbocycles. The zero-order valence-electron chi connectivity index (χ0n) is 13.4. The Labute approximate surface area is 141 Å². The first kappa shape index (κ1) is 18.0. The maximum absolute atomic E-state index is 12.8. The average molecular weight is 337 g/mol. The van der Waals surface area contributed by atoms with Crippen LogP contribution in [0.3, 0.4) is 0 Å². The molecule has 1 aliphatic rings. The Morgan fingerprint density at radius 1 is 1.35 bits per heavy atom. The molecule has 0 atom stereocenters. The van der Waals surface area contributed by atoms with Crippen LogP contribution in [0.15, 0.2) is 41.8 Å². The van der Waals surface area contributed by atoms with E-state index in [0.717, 1.165) is 43.2 Å². The molecule has 0 saturated carbocycles. The summed E-state index contributed by atoms with van der Waals surface area (Å²) in [7, 11) is 0. The third-order valence-electron chi connectivity index (χ3n) is 3.95. The van der Waals surface area contributed by atoms with Crippen LogP contribution >= 0.6 is 11.8 Å². The molecule has 0 N–H and O–H groups in total. The number of carbonyl (C=O) groups is 1. The number of rotatable bonds is 8. The Bertz CT molecular complexity index is 498. The monoisotopic (exact) mass is 337 g/mol. The van der Waals surface area contributed by atoms with E-state index in [-0.39, 0.29) is 11.7 Å². The molecule has 2 rings (SSSR count). The predicted molar refractivity (Wildman–Crippen MR) is 92.1 cm³/mol. The van der Waals surface area contributed by atoms with E-state index in [1.807, 2.05) is 4.90 Å². The second-order valence-corrected chi connectivity index (χ2v) is 6.87. The van der Waals surface area contributed by atoms with Crippen molar-refractivity contribution in [2.45, 2.75) is 24.2 Å². The van der Waals surface area contributed by atoms with Gasteiger partial charge in [-0.1, -0.05) is 6.08 Å². The van der Waals surface area contributed by atoms with Crippen LogP contribution in [0.5, 0.6) is 0 Å². The van der Waals surface area contributed by atoms with Crippen LogP contribution in [0.1, 0.15) is 19.3 Å². The minimum absolute atomic E-state index is 0.213. The Morgan fingerprint density at radius 3 is 2.70 bits per heavy atom. The molecule has 0 spiro atoms. The lowest BCUT2D eigenvalue weighted by Gasteiger charge is -2.31. The van der Waals surface area contributed by atoms with Gasteiger partial charge in [-0.2, -0.15) is 0 Å². The molecule has 0 aromatic heterocycles. The lowest BCUT2D eigenvalue weighted by molar-refractivity contribution is -0.132. The first-order chi connectivity index (χ1) is 11.2. The van der Waals surface area contributed by atoms with Gasteiger partial charge in [-0.25, -0.2) is 4.39 Å². The number of hydrogen-bond acceptors (Lipinski definition) is 3. The highest BCUT2D eigenvalue weighted by molar-refractivity contribution is 7.99. The molecular weight excluding hydrogens is 313 g/mol. The van der Waals surface area contributed by atoms with E-state index in [1.165, 1.54) is 12.1 Å². The fourth-order valence-electron chi connectivity index (χ4n) is 2.61. The van der Waals surface area contributed by atoms with Gasteiger partial charge in [0.1, 0.15) is 5.82 Å². The molecule has 0 bridgehead atoms. The molecule has 126 valence electrons. The van der Waals surface area contributed by atoms with Gasteiger partial charge < -0.3 is 9.64 Å². The Hall–Kier alpha value is -1.33. The highest BCUT2D eigenvalue weighted by atomic mass is 32.2. The maximum atomic E-state index is 12.8. The van der Waals surface area contributed by atoms with Gasteiger partial charge in [-0.05, 0) is 43.0 Å². The molecule has 1 aliphatic heterocycles. The Balaban J connectivity index is 1.63. The minimum Gasteiger partial charge on any atom is -0.377 e. The van der Waals surface area contributed by atoms with Crippen molar-refractivity contribution in [3.63, 3.8) is 0 Å². The first-order valence-electron chi connectivity index (χ1n) is 8.04. The number of hydrogen-bond donors (Lipinski definition) is 0. The summed E-state index contributed by atoms with van der Waals surface area (Å²) in [5.41, 5.74) is 0. The molecule has 0 unspecified atom stereocenters. The Kier molecular flexibility index (Phi) is 7.62. The summed E-state index contributed by atoms with van der Waals surface area (Å²) in [6.45, 7) is 6.63. The lowest BCUT2D eigenvalue weighted by atomic mass is 9.97. The van der Waals surface area contributed by atoms with Crippen molar-refractivity contribution < 1.29 is 13.9 Å². The van der Waals surface area contributed by atoms with E-state index in [1.54, 1.807) is 30.0 Å². The maximum Gasteiger partial charge on any atom is 0.223 e. The normalized spacial score (nSPS) is 15.6. The van der Waals surface area contributed by atoms with Gasteiger partial charge in [0.05, 0.1) is 6.61 Å². The topological polar surface area (TPSA) is 29.5 Å². The van der Waals surface area contributed by atoms with E-state index in [9.17, 15) is 9.18 Å². The van der Waals surface area contributed by atoms with E-state index >= 15 is 0 Å². The molecule has 1 fully saturated rings. The van der Waals surface area contributed by atoms with Gasteiger partial charge in [0.2, 0.25) is 5.91 Å². The van der Waals surface area contributed by atoms with Crippen molar-refractivity contribution in [1.82, 2.24) is 4.90 Å². The number of nitrogens with zero attached hydrogens (tertiary/aromatic N) is 1. The second-order valence-electron chi connectivity index (χ2n) is 5.70. The zero-order chi connectivity index (χ0) is 16.5. The van der Waals surface area contributed by atoms with Crippen molar-refractivity contribution in [3.8, 4) is 0 Å².